The Morgan fingerprint density at radius 2 is 2.20 bits per heavy atom. The molecule has 1 aliphatic rings. The zero-order chi connectivity index (χ0) is 11.1. The topological polar surface area (TPSA) is 54.8 Å². The van der Waals surface area contributed by atoms with Crippen LogP contribution in [0.2, 0.25) is 0 Å². The zero-order valence-electron chi connectivity index (χ0n) is 9.44. The molecule has 1 heterocycles. The van der Waals surface area contributed by atoms with Crippen LogP contribution in [-0.2, 0) is 14.2 Å². The molecule has 1 fully saturated rings. The fourth-order valence-corrected chi connectivity index (χ4v) is 1.54. The van der Waals surface area contributed by atoms with Gasteiger partial charge in [-0.05, 0) is 26.2 Å². The Bertz CT molecular complexity index is 214. The highest BCUT2D eigenvalue weighted by Crippen LogP contribution is 2.27. The summed E-state index contributed by atoms with van der Waals surface area (Å²) in [5.41, 5.74) is 0. The number of hydrogen-bond donors (Lipinski definition) is 0. The Balaban J connectivity index is 2.00. The predicted octanol–water partition coefficient (Wildman–Crippen LogP) is 1.70. The van der Waals surface area contributed by atoms with E-state index in [1.807, 2.05) is 0 Å². The predicted molar refractivity (Wildman–Crippen MR) is 55.1 cm³/mol. The Hall–Kier alpha value is -0.630. The van der Waals surface area contributed by atoms with Crippen LogP contribution in [0.25, 0.3) is 0 Å². The number of epoxide rings is 1. The standard InChI is InChI=1S/C11H19NO3/c1-9-11(15-9)4-3-10(7-12)5-6-14-8-13-2/h9-11H,3-6,8H2,1-2H3/t9-,10+,11-/m1/s1. The molecule has 0 aromatic carbocycles. The Morgan fingerprint density at radius 1 is 1.47 bits per heavy atom. The number of ether oxygens (including phenoxy) is 3. The molecule has 1 aliphatic heterocycles. The first-order valence-corrected chi connectivity index (χ1v) is 5.39. The highest BCUT2D eigenvalue weighted by Gasteiger charge is 2.33. The summed E-state index contributed by atoms with van der Waals surface area (Å²) in [5.74, 6) is 0.0817. The summed E-state index contributed by atoms with van der Waals surface area (Å²) in [5, 5.41) is 8.90. The fourth-order valence-electron chi connectivity index (χ4n) is 1.54. The summed E-state index contributed by atoms with van der Waals surface area (Å²) in [6, 6.07) is 2.30. The smallest absolute Gasteiger partial charge is 0.146 e. The van der Waals surface area contributed by atoms with E-state index < -0.39 is 0 Å². The van der Waals surface area contributed by atoms with E-state index in [0.717, 1.165) is 19.3 Å². The van der Waals surface area contributed by atoms with E-state index in [0.29, 0.717) is 25.6 Å². The second-order valence-electron chi connectivity index (χ2n) is 3.89. The van der Waals surface area contributed by atoms with Crippen molar-refractivity contribution in [2.45, 2.75) is 38.4 Å². The Morgan fingerprint density at radius 3 is 2.73 bits per heavy atom. The summed E-state index contributed by atoms with van der Waals surface area (Å²) in [7, 11) is 1.59. The number of methoxy groups -OCH3 is 1. The third-order valence-corrected chi connectivity index (χ3v) is 2.63. The van der Waals surface area contributed by atoms with Crippen LogP contribution < -0.4 is 0 Å². The van der Waals surface area contributed by atoms with Gasteiger partial charge in [-0.15, -0.1) is 0 Å². The number of nitrogens with zero attached hydrogens (tertiary/aromatic N) is 1. The molecule has 0 aromatic rings. The van der Waals surface area contributed by atoms with Crippen molar-refractivity contribution in [3.8, 4) is 6.07 Å². The minimum Gasteiger partial charge on any atom is -0.370 e. The average molecular weight is 213 g/mol. The summed E-state index contributed by atoms with van der Waals surface area (Å²) in [6.45, 7) is 2.96. The van der Waals surface area contributed by atoms with Gasteiger partial charge in [-0.3, -0.25) is 0 Å². The van der Waals surface area contributed by atoms with Crippen molar-refractivity contribution in [2.75, 3.05) is 20.5 Å². The van der Waals surface area contributed by atoms with Crippen molar-refractivity contribution in [2.24, 2.45) is 5.92 Å². The quantitative estimate of drug-likeness (QED) is 0.350. The van der Waals surface area contributed by atoms with E-state index in [2.05, 4.69) is 13.0 Å². The minimum absolute atomic E-state index is 0.0817. The second kappa shape index (κ2) is 6.78. The maximum Gasteiger partial charge on any atom is 0.146 e. The van der Waals surface area contributed by atoms with Gasteiger partial charge in [-0.2, -0.15) is 5.26 Å². The van der Waals surface area contributed by atoms with Gasteiger partial charge in [0.15, 0.2) is 0 Å². The molecule has 0 bridgehead atoms. The van der Waals surface area contributed by atoms with Gasteiger partial charge in [0.2, 0.25) is 0 Å². The third-order valence-electron chi connectivity index (χ3n) is 2.63. The highest BCUT2D eigenvalue weighted by molar-refractivity contribution is 4.87. The average Bonchev–Trinajstić information content (AvgIpc) is 2.94. The van der Waals surface area contributed by atoms with Crippen LogP contribution >= 0.6 is 0 Å². The number of hydrogen-bond acceptors (Lipinski definition) is 4. The third kappa shape index (κ3) is 5.12. The maximum absolute atomic E-state index is 8.90. The van der Waals surface area contributed by atoms with Gasteiger partial charge in [0.05, 0.1) is 24.9 Å². The largest absolute Gasteiger partial charge is 0.370 e. The normalized spacial score (nSPS) is 25.9. The van der Waals surface area contributed by atoms with E-state index in [4.69, 9.17) is 19.5 Å². The lowest BCUT2D eigenvalue weighted by Gasteiger charge is -2.07. The van der Waals surface area contributed by atoms with E-state index in [1.54, 1.807) is 7.11 Å². The van der Waals surface area contributed by atoms with Crippen LogP contribution in [0, 0.1) is 17.2 Å². The van der Waals surface area contributed by atoms with Crippen molar-refractivity contribution < 1.29 is 14.2 Å². The molecule has 3 atom stereocenters. The van der Waals surface area contributed by atoms with E-state index in [1.165, 1.54) is 0 Å². The van der Waals surface area contributed by atoms with Crippen LogP contribution in [0.4, 0.5) is 0 Å². The number of rotatable bonds is 8. The first-order chi connectivity index (χ1) is 7.27. The van der Waals surface area contributed by atoms with Gasteiger partial charge in [-0.25, -0.2) is 0 Å². The van der Waals surface area contributed by atoms with Gasteiger partial charge in [-0.1, -0.05) is 0 Å². The monoisotopic (exact) mass is 213 g/mol. The molecule has 0 N–H and O–H groups in total. The maximum atomic E-state index is 8.90. The first kappa shape index (κ1) is 12.4. The molecule has 0 amide bonds. The fraction of sp³-hybridized carbons (Fsp3) is 0.909. The summed E-state index contributed by atoms with van der Waals surface area (Å²) >= 11 is 0. The SMILES string of the molecule is COCOCC[C@@H](C#N)CC[C@H]1O[C@@H]1C. The molecule has 1 rings (SSSR count). The molecule has 0 spiro atoms. The van der Waals surface area contributed by atoms with E-state index in [9.17, 15) is 0 Å². The molecule has 4 nitrogen and oxygen atoms in total. The van der Waals surface area contributed by atoms with Crippen molar-refractivity contribution in [3.05, 3.63) is 0 Å². The molecule has 0 radical (unpaired) electrons. The van der Waals surface area contributed by atoms with Gasteiger partial charge < -0.3 is 14.2 Å². The summed E-state index contributed by atoms with van der Waals surface area (Å²) in [6.07, 6.45) is 3.46. The molecule has 1 saturated heterocycles. The van der Waals surface area contributed by atoms with Gasteiger partial charge in [0.1, 0.15) is 6.79 Å². The van der Waals surface area contributed by atoms with Crippen LogP contribution in [0.5, 0.6) is 0 Å². The van der Waals surface area contributed by atoms with Crippen LogP contribution in [0.3, 0.4) is 0 Å². The summed E-state index contributed by atoms with van der Waals surface area (Å²) < 4.78 is 15.2. The molecular weight excluding hydrogens is 194 g/mol. The summed E-state index contributed by atoms with van der Waals surface area (Å²) in [4.78, 5) is 0. The van der Waals surface area contributed by atoms with Gasteiger partial charge in [0.25, 0.3) is 0 Å². The van der Waals surface area contributed by atoms with Crippen LogP contribution in [0.1, 0.15) is 26.2 Å². The lowest BCUT2D eigenvalue weighted by molar-refractivity contribution is -0.0333. The van der Waals surface area contributed by atoms with E-state index in [-0.39, 0.29) is 5.92 Å². The molecule has 0 unspecified atom stereocenters. The van der Waals surface area contributed by atoms with Crippen LogP contribution in [0.15, 0.2) is 0 Å². The highest BCUT2D eigenvalue weighted by atomic mass is 16.7. The molecule has 15 heavy (non-hydrogen) atoms. The van der Waals surface area contributed by atoms with E-state index >= 15 is 0 Å². The second-order valence-corrected chi connectivity index (χ2v) is 3.89. The Labute approximate surface area is 91.1 Å². The van der Waals surface area contributed by atoms with Gasteiger partial charge in [0, 0.05) is 13.0 Å². The lowest BCUT2D eigenvalue weighted by atomic mass is 10.00. The number of nitriles is 1. The zero-order valence-corrected chi connectivity index (χ0v) is 9.44. The van der Waals surface area contributed by atoms with Crippen molar-refractivity contribution in [3.63, 3.8) is 0 Å². The van der Waals surface area contributed by atoms with Crippen molar-refractivity contribution in [1.82, 2.24) is 0 Å². The van der Waals surface area contributed by atoms with Crippen LogP contribution in [-0.4, -0.2) is 32.7 Å². The van der Waals surface area contributed by atoms with Gasteiger partial charge >= 0.3 is 0 Å². The minimum atomic E-state index is 0.0817. The molecule has 4 heteroatoms. The molecular formula is C11H19NO3. The molecule has 0 aliphatic carbocycles. The van der Waals surface area contributed by atoms with Crippen molar-refractivity contribution in [1.29, 1.82) is 5.26 Å². The van der Waals surface area contributed by atoms with Crippen molar-refractivity contribution >= 4 is 0 Å². The molecule has 0 aromatic heterocycles. The lowest BCUT2D eigenvalue weighted by Crippen LogP contribution is -2.06. The molecule has 0 saturated carbocycles. The first-order valence-electron chi connectivity index (χ1n) is 5.39. The Kier molecular flexibility index (Phi) is 5.62. The molecule has 86 valence electrons.